The van der Waals surface area contributed by atoms with Gasteiger partial charge >= 0.3 is 0 Å². The number of carbonyl (C=O) groups excluding carboxylic acids is 3. The number of Topliss-reactive ketones (excluding diaryl/α,β-unsaturated/α-hetero) is 2. The van der Waals surface area contributed by atoms with Crippen LogP contribution in [0.3, 0.4) is 0 Å². The molecule has 3 heterocycles. The largest absolute Gasteiger partial charge is 0.327 e. The lowest BCUT2D eigenvalue weighted by Gasteiger charge is -2.27. The van der Waals surface area contributed by atoms with Crippen LogP contribution in [0.5, 0.6) is 0 Å². The minimum atomic E-state index is -0.417. The Morgan fingerprint density at radius 1 is 0.976 bits per heavy atom. The summed E-state index contributed by atoms with van der Waals surface area (Å²) in [7, 11) is 0. The zero-order chi connectivity index (χ0) is 29.1. The summed E-state index contributed by atoms with van der Waals surface area (Å²) in [5.41, 5.74) is 6.02. The molecule has 0 radical (unpaired) electrons. The zero-order valence-electron chi connectivity index (χ0n) is 24.3. The van der Waals surface area contributed by atoms with Crippen LogP contribution in [0.15, 0.2) is 48.8 Å². The standard InChI is InChI=1S/C33H35N5O3/c1-19-6-8-23(9-7-19)10-11-28(40)27-14-33(5)15-29(33)38(27)30(41)18-37-32-20(2)12-24(25-16-34-22(4)35-17-25)13-26(32)31(36-37)21(3)39/h6-9,12-13,16-17,27,29H,10-11,14-15,18H2,1-5H3/t27-,29+,33-/m0/s1. The highest BCUT2D eigenvalue weighted by Gasteiger charge is 2.64. The van der Waals surface area contributed by atoms with Crippen molar-refractivity contribution in [1.82, 2.24) is 24.6 Å². The molecule has 0 N–H and O–H groups in total. The molecule has 1 aliphatic carbocycles. The minimum absolute atomic E-state index is 0.00248. The Balaban J connectivity index is 1.27. The van der Waals surface area contributed by atoms with E-state index in [1.165, 1.54) is 12.5 Å². The monoisotopic (exact) mass is 549 g/mol. The van der Waals surface area contributed by atoms with E-state index >= 15 is 0 Å². The fraction of sp³-hybridized carbons (Fsp3) is 0.394. The molecule has 8 heteroatoms. The van der Waals surface area contributed by atoms with E-state index in [1.54, 1.807) is 17.1 Å². The summed E-state index contributed by atoms with van der Waals surface area (Å²) in [6, 6.07) is 11.8. The predicted octanol–water partition coefficient (Wildman–Crippen LogP) is 5.20. The van der Waals surface area contributed by atoms with E-state index in [4.69, 9.17) is 0 Å². The molecule has 0 spiro atoms. The number of amides is 1. The normalized spacial score (nSPS) is 21.2. The van der Waals surface area contributed by atoms with Crippen molar-refractivity contribution in [3.8, 4) is 11.1 Å². The van der Waals surface area contributed by atoms with E-state index in [1.807, 2.05) is 37.8 Å². The Bertz CT molecular complexity index is 1690. The van der Waals surface area contributed by atoms with Gasteiger partial charge < -0.3 is 4.90 Å². The summed E-state index contributed by atoms with van der Waals surface area (Å²) in [5, 5.41) is 5.32. The molecular weight excluding hydrogens is 514 g/mol. The van der Waals surface area contributed by atoms with Gasteiger partial charge in [-0.15, -0.1) is 0 Å². The summed E-state index contributed by atoms with van der Waals surface area (Å²) in [6.45, 7) is 9.47. The number of aromatic nitrogens is 4. The first-order chi connectivity index (χ1) is 19.5. The fourth-order valence-corrected chi connectivity index (χ4v) is 6.42. The van der Waals surface area contributed by atoms with Crippen LogP contribution in [-0.4, -0.2) is 54.2 Å². The van der Waals surface area contributed by atoms with E-state index < -0.39 is 6.04 Å². The molecule has 2 aromatic heterocycles. The van der Waals surface area contributed by atoms with Gasteiger partial charge in [0.05, 0.1) is 11.6 Å². The second-order valence-electron chi connectivity index (χ2n) is 12.1. The molecule has 3 atom stereocenters. The van der Waals surface area contributed by atoms with Gasteiger partial charge in [-0.3, -0.25) is 19.1 Å². The first kappa shape index (κ1) is 27.0. The number of nitrogens with zero attached hydrogens (tertiary/aromatic N) is 5. The molecule has 1 amide bonds. The number of ketones is 2. The van der Waals surface area contributed by atoms with Crippen LogP contribution < -0.4 is 0 Å². The molecule has 2 fully saturated rings. The number of hydrogen-bond acceptors (Lipinski definition) is 6. The van der Waals surface area contributed by atoms with Crippen molar-refractivity contribution in [3.63, 3.8) is 0 Å². The molecule has 6 rings (SSSR count). The summed E-state index contributed by atoms with van der Waals surface area (Å²) in [4.78, 5) is 50.4. The van der Waals surface area contributed by atoms with Gasteiger partial charge in [0.15, 0.2) is 11.6 Å². The predicted molar refractivity (Wildman–Crippen MR) is 157 cm³/mol. The highest BCUT2D eigenvalue weighted by atomic mass is 16.2. The summed E-state index contributed by atoms with van der Waals surface area (Å²) < 4.78 is 1.64. The van der Waals surface area contributed by atoms with Crippen LogP contribution in [0.1, 0.15) is 66.1 Å². The lowest BCUT2D eigenvalue weighted by molar-refractivity contribution is -0.139. The zero-order valence-corrected chi connectivity index (χ0v) is 24.3. The van der Waals surface area contributed by atoms with Gasteiger partial charge in [0.1, 0.15) is 18.1 Å². The van der Waals surface area contributed by atoms with Crippen molar-refractivity contribution < 1.29 is 14.4 Å². The van der Waals surface area contributed by atoms with Crippen LogP contribution in [0.4, 0.5) is 0 Å². The second-order valence-corrected chi connectivity index (χ2v) is 12.1. The van der Waals surface area contributed by atoms with Crippen molar-refractivity contribution in [3.05, 3.63) is 77.0 Å². The third-order valence-corrected chi connectivity index (χ3v) is 8.84. The topological polar surface area (TPSA) is 98.1 Å². The van der Waals surface area contributed by atoms with E-state index in [-0.39, 0.29) is 35.5 Å². The van der Waals surface area contributed by atoms with Gasteiger partial charge in [0.25, 0.3) is 0 Å². The maximum absolute atomic E-state index is 13.9. The number of piperidine rings is 1. The molecule has 1 saturated heterocycles. The van der Waals surface area contributed by atoms with Gasteiger partial charge in [0, 0.05) is 42.7 Å². The average Bonchev–Trinajstić information content (AvgIpc) is 3.29. The van der Waals surface area contributed by atoms with Crippen molar-refractivity contribution in [2.45, 2.75) is 78.9 Å². The quantitative estimate of drug-likeness (QED) is 0.280. The molecule has 0 bridgehead atoms. The number of aryl methyl sites for hydroxylation is 4. The Hall–Kier alpha value is -4.20. The number of benzene rings is 2. The lowest BCUT2D eigenvalue weighted by Crippen LogP contribution is -2.44. The van der Waals surface area contributed by atoms with Crippen molar-refractivity contribution in [2.75, 3.05) is 0 Å². The van der Waals surface area contributed by atoms with Gasteiger partial charge in [-0.25, -0.2) is 9.97 Å². The third-order valence-electron chi connectivity index (χ3n) is 8.84. The lowest BCUT2D eigenvalue weighted by atomic mass is 9.95. The number of hydrogen-bond donors (Lipinski definition) is 0. The highest BCUT2D eigenvalue weighted by Crippen LogP contribution is 2.59. The van der Waals surface area contributed by atoms with Crippen molar-refractivity contribution in [2.24, 2.45) is 5.41 Å². The van der Waals surface area contributed by atoms with Crippen LogP contribution >= 0.6 is 0 Å². The van der Waals surface area contributed by atoms with Crippen LogP contribution in [0.2, 0.25) is 0 Å². The average molecular weight is 550 g/mol. The molecule has 41 heavy (non-hydrogen) atoms. The number of likely N-dealkylation sites (tertiary alicyclic amines) is 1. The fourth-order valence-electron chi connectivity index (χ4n) is 6.42. The Morgan fingerprint density at radius 3 is 2.37 bits per heavy atom. The first-order valence-corrected chi connectivity index (χ1v) is 14.2. The smallest absolute Gasteiger partial charge is 0.245 e. The molecule has 1 aliphatic heterocycles. The molecule has 4 aromatic rings. The molecule has 2 aromatic carbocycles. The SMILES string of the molecule is CC(=O)c1nn(CC(=O)N2[C@H](C(=O)CCc3ccc(C)cc3)C[C@@]3(C)C[C@@H]23)c2c(C)cc(-c3cnc(C)nc3)cc12. The Morgan fingerprint density at radius 2 is 1.68 bits per heavy atom. The van der Waals surface area contributed by atoms with Gasteiger partial charge in [-0.05, 0) is 74.3 Å². The molecule has 210 valence electrons. The van der Waals surface area contributed by atoms with Gasteiger partial charge in [-0.1, -0.05) is 36.8 Å². The summed E-state index contributed by atoms with van der Waals surface area (Å²) in [6.07, 6.45) is 6.22. The van der Waals surface area contributed by atoms with Crippen LogP contribution in [0.25, 0.3) is 22.0 Å². The van der Waals surface area contributed by atoms with E-state index in [2.05, 4.69) is 46.3 Å². The number of carbonyl (C=O) groups is 3. The summed E-state index contributed by atoms with van der Waals surface area (Å²) in [5.74, 6) is 0.504. The van der Waals surface area contributed by atoms with Gasteiger partial charge in [0.2, 0.25) is 5.91 Å². The maximum Gasteiger partial charge on any atom is 0.245 e. The van der Waals surface area contributed by atoms with Crippen LogP contribution in [0, 0.1) is 26.2 Å². The van der Waals surface area contributed by atoms with Crippen molar-refractivity contribution >= 4 is 28.4 Å². The molecule has 0 unspecified atom stereocenters. The minimum Gasteiger partial charge on any atom is -0.327 e. The van der Waals surface area contributed by atoms with E-state index in [9.17, 15) is 14.4 Å². The van der Waals surface area contributed by atoms with E-state index in [0.717, 1.165) is 34.2 Å². The van der Waals surface area contributed by atoms with E-state index in [0.29, 0.717) is 36.2 Å². The third kappa shape index (κ3) is 4.96. The number of rotatable bonds is 8. The molecule has 8 nitrogen and oxygen atoms in total. The molecule has 2 aliphatic rings. The Kier molecular flexibility index (Phi) is 6.59. The number of fused-ring (bicyclic) bond motifs is 2. The second kappa shape index (κ2) is 10.0. The first-order valence-electron chi connectivity index (χ1n) is 14.2. The highest BCUT2D eigenvalue weighted by molar-refractivity contribution is 6.07. The van der Waals surface area contributed by atoms with Crippen molar-refractivity contribution in [1.29, 1.82) is 0 Å². The maximum atomic E-state index is 13.9. The molecular formula is C33H35N5O3. The van der Waals surface area contributed by atoms with Gasteiger partial charge in [-0.2, -0.15) is 5.10 Å². The Labute approximate surface area is 239 Å². The molecule has 1 saturated carbocycles. The van der Waals surface area contributed by atoms with Crippen LogP contribution in [-0.2, 0) is 22.6 Å². The summed E-state index contributed by atoms with van der Waals surface area (Å²) >= 11 is 0.